The Hall–Kier alpha value is -0.870. The Morgan fingerprint density at radius 3 is 3.00 bits per heavy atom. The maximum absolute atomic E-state index is 11.1. The second-order valence-electron chi connectivity index (χ2n) is 2.42. The van der Waals surface area contributed by atoms with E-state index in [0.29, 0.717) is 19.6 Å². The van der Waals surface area contributed by atoms with Crippen molar-refractivity contribution >= 4 is 5.91 Å². The number of carbonyl (C=O) groups is 1. The normalized spacial score (nSPS) is 12.2. The zero-order valence-electron chi connectivity index (χ0n) is 7.38. The molecule has 0 saturated carbocycles. The highest BCUT2D eigenvalue weighted by molar-refractivity contribution is 5.81. The summed E-state index contributed by atoms with van der Waals surface area (Å²) in [6.07, 6.45) is 2.15. The highest BCUT2D eigenvalue weighted by Crippen LogP contribution is 1.88. The molecule has 0 bridgehead atoms. The summed E-state index contributed by atoms with van der Waals surface area (Å²) in [6, 6.07) is -0.482. The predicted octanol–water partition coefficient (Wildman–Crippen LogP) is -0.348. The minimum atomic E-state index is -0.482. The van der Waals surface area contributed by atoms with Gasteiger partial charge in [-0.25, -0.2) is 0 Å². The van der Waals surface area contributed by atoms with E-state index in [9.17, 15) is 4.79 Å². The van der Waals surface area contributed by atoms with Gasteiger partial charge in [-0.2, -0.15) is 0 Å². The van der Waals surface area contributed by atoms with E-state index in [2.05, 4.69) is 11.9 Å². The third-order valence-corrected chi connectivity index (χ3v) is 1.39. The quantitative estimate of drug-likeness (QED) is 0.538. The van der Waals surface area contributed by atoms with Gasteiger partial charge in [0.05, 0.1) is 6.04 Å². The van der Waals surface area contributed by atoms with E-state index in [1.807, 2.05) is 0 Å². The average molecular weight is 172 g/mol. The van der Waals surface area contributed by atoms with Gasteiger partial charge < -0.3 is 15.8 Å². The van der Waals surface area contributed by atoms with Gasteiger partial charge in [0, 0.05) is 20.3 Å². The Balaban J connectivity index is 3.53. The number of carbonyl (C=O) groups excluding carboxylic acids is 1. The van der Waals surface area contributed by atoms with E-state index in [1.54, 1.807) is 13.2 Å². The molecule has 1 amide bonds. The van der Waals surface area contributed by atoms with Crippen molar-refractivity contribution in [1.82, 2.24) is 5.32 Å². The molecule has 0 aromatic heterocycles. The fourth-order valence-electron chi connectivity index (χ4n) is 0.680. The lowest BCUT2D eigenvalue weighted by molar-refractivity contribution is -0.122. The second-order valence-corrected chi connectivity index (χ2v) is 2.42. The van der Waals surface area contributed by atoms with Crippen LogP contribution in [0, 0.1) is 0 Å². The highest BCUT2D eigenvalue weighted by atomic mass is 16.5. The molecule has 12 heavy (non-hydrogen) atoms. The molecule has 1 unspecified atom stereocenters. The Morgan fingerprint density at radius 2 is 2.50 bits per heavy atom. The summed E-state index contributed by atoms with van der Waals surface area (Å²) in [5.41, 5.74) is 5.52. The van der Waals surface area contributed by atoms with Gasteiger partial charge in [-0.1, -0.05) is 6.08 Å². The van der Waals surface area contributed by atoms with E-state index in [0.717, 1.165) is 0 Å². The van der Waals surface area contributed by atoms with Crippen molar-refractivity contribution < 1.29 is 9.53 Å². The van der Waals surface area contributed by atoms with Crippen LogP contribution in [-0.4, -0.2) is 32.2 Å². The molecule has 0 aliphatic heterocycles. The minimum Gasteiger partial charge on any atom is -0.385 e. The first-order valence-electron chi connectivity index (χ1n) is 3.85. The molecule has 0 radical (unpaired) electrons. The third-order valence-electron chi connectivity index (χ3n) is 1.39. The number of nitrogens with one attached hydrogen (secondary N) is 1. The number of rotatable bonds is 6. The van der Waals surface area contributed by atoms with E-state index in [-0.39, 0.29) is 5.91 Å². The lowest BCUT2D eigenvalue weighted by Crippen LogP contribution is -2.41. The van der Waals surface area contributed by atoms with Crippen molar-refractivity contribution in [1.29, 1.82) is 0 Å². The first kappa shape index (κ1) is 11.1. The maximum Gasteiger partial charge on any atom is 0.237 e. The molecule has 4 nitrogen and oxygen atoms in total. The Labute approximate surface area is 72.8 Å². The van der Waals surface area contributed by atoms with E-state index >= 15 is 0 Å². The number of methoxy groups -OCH3 is 1. The third kappa shape index (κ3) is 4.87. The SMILES string of the molecule is C=CCNC(=O)C(N)CCOC. The first-order chi connectivity index (χ1) is 5.72. The van der Waals surface area contributed by atoms with Gasteiger partial charge in [-0.05, 0) is 6.42 Å². The monoisotopic (exact) mass is 172 g/mol. The van der Waals surface area contributed by atoms with Crippen LogP contribution in [0.3, 0.4) is 0 Å². The summed E-state index contributed by atoms with van der Waals surface area (Å²) in [5.74, 6) is -0.160. The van der Waals surface area contributed by atoms with Crippen LogP contribution in [0.25, 0.3) is 0 Å². The van der Waals surface area contributed by atoms with Crippen LogP contribution in [-0.2, 0) is 9.53 Å². The number of ether oxygens (including phenoxy) is 1. The topological polar surface area (TPSA) is 64.4 Å². The summed E-state index contributed by atoms with van der Waals surface area (Å²) < 4.78 is 4.79. The minimum absolute atomic E-state index is 0.160. The molecule has 0 rings (SSSR count). The molecule has 0 aromatic rings. The summed E-state index contributed by atoms with van der Waals surface area (Å²) in [4.78, 5) is 11.1. The zero-order chi connectivity index (χ0) is 9.40. The average Bonchev–Trinajstić information content (AvgIpc) is 2.10. The lowest BCUT2D eigenvalue weighted by Gasteiger charge is -2.09. The number of hydrogen-bond acceptors (Lipinski definition) is 3. The molecule has 0 fully saturated rings. The van der Waals surface area contributed by atoms with Gasteiger partial charge in [0.25, 0.3) is 0 Å². The lowest BCUT2D eigenvalue weighted by atomic mass is 10.2. The molecule has 0 aliphatic rings. The molecule has 3 N–H and O–H groups in total. The number of amides is 1. The molecule has 0 aromatic carbocycles. The largest absolute Gasteiger partial charge is 0.385 e. The van der Waals surface area contributed by atoms with Gasteiger partial charge in [-0.15, -0.1) is 6.58 Å². The van der Waals surface area contributed by atoms with Gasteiger partial charge in [0.2, 0.25) is 5.91 Å². The molecule has 4 heteroatoms. The molecule has 0 heterocycles. The number of hydrogen-bond donors (Lipinski definition) is 2. The Kier molecular flexibility index (Phi) is 6.32. The predicted molar refractivity (Wildman–Crippen MR) is 47.7 cm³/mol. The van der Waals surface area contributed by atoms with Crippen LogP contribution in [0.2, 0.25) is 0 Å². The van der Waals surface area contributed by atoms with Crippen molar-refractivity contribution in [3.63, 3.8) is 0 Å². The standard InChI is InChI=1S/C8H16N2O2/c1-3-5-10-8(11)7(9)4-6-12-2/h3,7H,1,4-6,9H2,2H3,(H,10,11). The Bertz CT molecular complexity index is 148. The van der Waals surface area contributed by atoms with Crippen molar-refractivity contribution in [2.75, 3.05) is 20.3 Å². The fraction of sp³-hybridized carbons (Fsp3) is 0.625. The summed E-state index contributed by atoms with van der Waals surface area (Å²) in [5, 5.41) is 2.60. The summed E-state index contributed by atoms with van der Waals surface area (Å²) in [6.45, 7) is 4.43. The molecule has 0 spiro atoms. The van der Waals surface area contributed by atoms with Gasteiger partial charge in [-0.3, -0.25) is 4.79 Å². The molecule has 70 valence electrons. The summed E-state index contributed by atoms with van der Waals surface area (Å²) in [7, 11) is 1.58. The van der Waals surface area contributed by atoms with Crippen LogP contribution in [0.1, 0.15) is 6.42 Å². The van der Waals surface area contributed by atoms with E-state index in [4.69, 9.17) is 10.5 Å². The molecular weight excluding hydrogens is 156 g/mol. The van der Waals surface area contributed by atoms with Crippen molar-refractivity contribution in [3.8, 4) is 0 Å². The van der Waals surface area contributed by atoms with Crippen molar-refractivity contribution in [3.05, 3.63) is 12.7 Å². The van der Waals surface area contributed by atoms with E-state index < -0.39 is 6.04 Å². The van der Waals surface area contributed by atoms with E-state index in [1.165, 1.54) is 0 Å². The summed E-state index contributed by atoms with van der Waals surface area (Å²) >= 11 is 0. The van der Waals surface area contributed by atoms with Crippen LogP contribution in [0.15, 0.2) is 12.7 Å². The van der Waals surface area contributed by atoms with Crippen LogP contribution in [0.4, 0.5) is 0 Å². The Morgan fingerprint density at radius 1 is 1.83 bits per heavy atom. The van der Waals surface area contributed by atoms with Crippen molar-refractivity contribution in [2.24, 2.45) is 5.73 Å². The fourth-order valence-corrected chi connectivity index (χ4v) is 0.680. The maximum atomic E-state index is 11.1. The second kappa shape index (κ2) is 6.82. The zero-order valence-corrected chi connectivity index (χ0v) is 7.38. The smallest absolute Gasteiger partial charge is 0.237 e. The molecule has 0 saturated heterocycles. The van der Waals surface area contributed by atoms with Crippen LogP contribution >= 0.6 is 0 Å². The molecular formula is C8H16N2O2. The van der Waals surface area contributed by atoms with Crippen LogP contribution < -0.4 is 11.1 Å². The van der Waals surface area contributed by atoms with Gasteiger partial charge >= 0.3 is 0 Å². The number of nitrogens with two attached hydrogens (primary N) is 1. The van der Waals surface area contributed by atoms with Gasteiger partial charge in [0.1, 0.15) is 0 Å². The first-order valence-corrected chi connectivity index (χ1v) is 3.85. The molecule has 0 aliphatic carbocycles. The van der Waals surface area contributed by atoms with Gasteiger partial charge in [0.15, 0.2) is 0 Å². The molecule has 1 atom stereocenters. The van der Waals surface area contributed by atoms with Crippen LogP contribution in [0.5, 0.6) is 0 Å². The highest BCUT2D eigenvalue weighted by Gasteiger charge is 2.10. The van der Waals surface area contributed by atoms with Crippen molar-refractivity contribution in [2.45, 2.75) is 12.5 Å².